The third-order valence-electron chi connectivity index (χ3n) is 2.49. The molecule has 0 amide bonds. The molecule has 3 nitrogen and oxygen atoms in total. The molecule has 0 aromatic carbocycles. The maximum absolute atomic E-state index is 11.5. The number of nitrogens with two attached hydrogens (primary N) is 1. The highest BCUT2D eigenvalue weighted by Gasteiger charge is 2.27. The monoisotopic (exact) mass is 185 g/mol. The lowest BCUT2D eigenvalue weighted by Gasteiger charge is -2.10. The quantitative estimate of drug-likeness (QED) is 0.713. The molecule has 1 aliphatic rings. The molecule has 0 aromatic heterocycles. The van der Waals surface area contributed by atoms with Crippen molar-refractivity contribution in [3.63, 3.8) is 0 Å². The minimum absolute atomic E-state index is 0.138. The van der Waals surface area contributed by atoms with Crippen LogP contribution in [0.5, 0.6) is 0 Å². The lowest BCUT2D eigenvalue weighted by Crippen LogP contribution is -2.22. The number of ether oxygens (including phenoxy) is 1. The van der Waals surface area contributed by atoms with Gasteiger partial charge in [-0.25, -0.2) is 0 Å². The minimum Gasteiger partial charge on any atom is -0.371 e. The van der Waals surface area contributed by atoms with Gasteiger partial charge < -0.3 is 10.5 Å². The molecule has 0 heterocycles. The van der Waals surface area contributed by atoms with Crippen LogP contribution in [0.3, 0.4) is 0 Å². The van der Waals surface area contributed by atoms with E-state index in [2.05, 4.69) is 0 Å². The average Bonchev–Trinajstić information content (AvgIpc) is 2.47. The Morgan fingerprint density at radius 1 is 1.54 bits per heavy atom. The Morgan fingerprint density at radius 3 is 2.69 bits per heavy atom. The summed E-state index contributed by atoms with van der Waals surface area (Å²) in [6.07, 6.45) is 2.92. The molecular weight excluding hydrogens is 166 g/mol. The molecule has 1 aliphatic carbocycles. The SMILES string of the molecule is CC(C)OCC(=O)C1CCC(N)C1. The van der Waals surface area contributed by atoms with Crippen molar-refractivity contribution >= 4 is 5.78 Å². The van der Waals surface area contributed by atoms with Crippen LogP contribution in [0.15, 0.2) is 0 Å². The summed E-state index contributed by atoms with van der Waals surface area (Å²) in [7, 11) is 0. The van der Waals surface area contributed by atoms with Crippen LogP contribution in [0.4, 0.5) is 0 Å². The van der Waals surface area contributed by atoms with Crippen LogP contribution < -0.4 is 5.73 Å². The fraction of sp³-hybridized carbons (Fsp3) is 0.900. The fourth-order valence-corrected chi connectivity index (χ4v) is 1.68. The molecule has 2 unspecified atom stereocenters. The summed E-state index contributed by atoms with van der Waals surface area (Å²) in [4.78, 5) is 11.5. The van der Waals surface area contributed by atoms with Gasteiger partial charge in [-0.3, -0.25) is 4.79 Å². The second-order valence-electron chi connectivity index (χ2n) is 4.10. The number of rotatable bonds is 4. The van der Waals surface area contributed by atoms with Gasteiger partial charge in [0.05, 0.1) is 6.10 Å². The van der Waals surface area contributed by atoms with E-state index in [0.717, 1.165) is 19.3 Å². The maximum atomic E-state index is 11.5. The third-order valence-corrected chi connectivity index (χ3v) is 2.49. The Morgan fingerprint density at radius 2 is 2.23 bits per heavy atom. The lowest BCUT2D eigenvalue weighted by molar-refractivity contribution is -0.128. The lowest BCUT2D eigenvalue weighted by atomic mass is 10.0. The van der Waals surface area contributed by atoms with Gasteiger partial charge in [0.2, 0.25) is 0 Å². The maximum Gasteiger partial charge on any atom is 0.161 e. The number of Topliss-reactive ketones (excluding diaryl/α,β-unsaturated/α-hetero) is 1. The van der Waals surface area contributed by atoms with Crippen LogP contribution in [-0.2, 0) is 9.53 Å². The van der Waals surface area contributed by atoms with Crippen LogP contribution >= 0.6 is 0 Å². The Hall–Kier alpha value is -0.410. The topological polar surface area (TPSA) is 52.3 Å². The van der Waals surface area contributed by atoms with Gasteiger partial charge in [-0.15, -0.1) is 0 Å². The van der Waals surface area contributed by atoms with E-state index in [1.165, 1.54) is 0 Å². The van der Waals surface area contributed by atoms with Crippen molar-refractivity contribution in [2.24, 2.45) is 11.7 Å². The molecule has 1 fully saturated rings. The number of hydrogen-bond acceptors (Lipinski definition) is 3. The Bertz CT molecular complexity index is 180. The van der Waals surface area contributed by atoms with E-state index in [0.29, 0.717) is 0 Å². The Balaban J connectivity index is 2.24. The average molecular weight is 185 g/mol. The summed E-state index contributed by atoms with van der Waals surface area (Å²) in [5, 5.41) is 0. The minimum atomic E-state index is 0.138. The third kappa shape index (κ3) is 3.44. The van der Waals surface area contributed by atoms with Gasteiger partial charge in [-0.05, 0) is 33.1 Å². The van der Waals surface area contributed by atoms with E-state index in [1.54, 1.807) is 0 Å². The summed E-state index contributed by atoms with van der Waals surface area (Å²) in [5.74, 6) is 0.385. The number of hydrogen-bond donors (Lipinski definition) is 1. The van der Waals surface area contributed by atoms with Crippen molar-refractivity contribution in [2.45, 2.75) is 45.3 Å². The van der Waals surface area contributed by atoms with Crippen molar-refractivity contribution in [1.82, 2.24) is 0 Å². The smallest absolute Gasteiger partial charge is 0.161 e. The number of carbonyl (C=O) groups is 1. The highest BCUT2D eigenvalue weighted by Crippen LogP contribution is 2.24. The van der Waals surface area contributed by atoms with Crippen molar-refractivity contribution in [3.8, 4) is 0 Å². The molecule has 0 aromatic rings. The van der Waals surface area contributed by atoms with E-state index < -0.39 is 0 Å². The van der Waals surface area contributed by atoms with Crippen molar-refractivity contribution in [1.29, 1.82) is 0 Å². The molecule has 76 valence electrons. The second-order valence-corrected chi connectivity index (χ2v) is 4.10. The van der Waals surface area contributed by atoms with E-state index in [1.807, 2.05) is 13.8 Å². The van der Waals surface area contributed by atoms with E-state index in [-0.39, 0.29) is 30.5 Å². The molecule has 13 heavy (non-hydrogen) atoms. The largest absolute Gasteiger partial charge is 0.371 e. The molecule has 2 N–H and O–H groups in total. The normalized spacial score (nSPS) is 28.3. The molecular formula is C10H19NO2. The van der Waals surface area contributed by atoms with E-state index in [9.17, 15) is 4.79 Å². The zero-order valence-corrected chi connectivity index (χ0v) is 8.45. The van der Waals surface area contributed by atoms with E-state index >= 15 is 0 Å². The summed E-state index contributed by atoms with van der Waals surface area (Å²) >= 11 is 0. The van der Waals surface area contributed by atoms with Crippen molar-refractivity contribution in [2.75, 3.05) is 6.61 Å². The van der Waals surface area contributed by atoms with Gasteiger partial charge in [-0.2, -0.15) is 0 Å². The highest BCUT2D eigenvalue weighted by atomic mass is 16.5. The van der Waals surface area contributed by atoms with Gasteiger partial charge in [0.1, 0.15) is 6.61 Å². The van der Waals surface area contributed by atoms with Gasteiger partial charge in [0, 0.05) is 12.0 Å². The summed E-state index contributed by atoms with van der Waals surface area (Å²) in [5.41, 5.74) is 5.73. The molecule has 3 heteroatoms. The fourth-order valence-electron chi connectivity index (χ4n) is 1.68. The molecule has 1 saturated carbocycles. The molecule has 2 atom stereocenters. The first-order chi connectivity index (χ1) is 6.09. The summed E-state index contributed by atoms with van der Waals surface area (Å²) in [6, 6.07) is 0.230. The predicted octanol–water partition coefficient (Wildman–Crippen LogP) is 1.11. The van der Waals surface area contributed by atoms with Gasteiger partial charge in [0.25, 0.3) is 0 Å². The highest BCUT2D eigenvalue weighted by molar-refractivity contribution is 5.82. The van der Waals surface area contributed by atoms with Crippen LogP contribution in [0.1, 0.15) is 33.1 Å². The molecule has 0 saturated heterocycles. The van der Waals surface area contributed by atoms with Gasteiger partial charge in [-0.1, -0.05) is 0 Å². The van der Waals surface area contributed by atoms with E-state index in [4.69, 9.17) is 10.5 Å². The summed E-state index contributed by atoms with van der Waals surface area (Å²) in [6.45, 7) is 4.14. The zero-order valence-electron chi connectivity index (χ0n) is 8.45. The first-order valence-corrected chi connectivity index (χ1v) is 4.99. The Kier molecular flexibility index (Phi) is 3.88. The second kappa shape index (κ2) is 4.72. The number of carbonyl (C=O) groups excluding carboxylic acids is 1. The summed E-state index contributed by atoms with van der Waals surface area (Å²) < 4.78 is 5.26. The van der Waals surface area contributed by atoms with Crippen molar-refractivity contribution < 1.29 is 9.53 Å². The van der Waals surface area contributed by atoms with Crippen LogP contribution in [0.25, 0.3) is 0 Å². The zero-order chi connectivity index (χ0) is 9.84. The van der Waals surface area contributed by atoms with Crippen LogP contribution in [-0.4, -0.2) is 24.5 Å². The molecule has 0 aliphatic heterocycles. The first-order valence-electron chi connectivity index (χ1n) is 4.99. The predicted molar refractivity (Wildman–Crippen MR) is 51.4 cm³/mol. The number of ketones is 1. The first kappa shape index (κ1) is 10.7. The molecule has 0 bridgehead atoms. The van der Waals surface area contributed by atoms with Crippen molar-refractivity contribution in [3.05, 3.63) is 0 Å². The molecule has 0 radical (unpaired) electrons. The Labute approximate surface area is 79.6 Å². The van der Waals surface area contributed by atoms with Gasteiger partial charge >= 0.3 is 0 Å². The van der Waals surface area contributed by atoms with Crippen LogP contribution in [0, 0.1) is 5.92 Å². The molecule has 1 rings (SSSR count). The standard InChI is InChI=1S/C10H19NO2/c1-7(2)13-6-10(12)8-3-4-9(11)5-8/h7-9H,3-6,11H2,1-2H3. The van der Waals surface area contributed by atoms with Gasteiger partial charge in [0.15, 0.2) is 5.78 Å². The van der Waals surface area contributed by atoms with Crippen LogP contribution in [0.2, 0.25) is 0 Å². The molecule has 0 spiro atoms.